The summed E-state index contributed by atoms with van der Waals surface area (Å²) in [7, 11) is 4.39. The molecule has 1 heterocycles. The lowest BCUT2D eigenvalue weighted by Crippen LogP contribution is -2.47. The van der Waals surface area contributed by atoms with Gasteiger partial charge < -0.3 is 15.0 Å². The van der Waals surface area contributed by atoms with Gasteiger partial charge in [-0.25, -0.2) is 0 Å². The average molecular weight is 254 g/mol. The number of nitrogens with zero attached hydrogens (tertiary/aromatic N) is 1. The van der Waals surface area contributed by atoms with Crippen LogP contribution in [-0.2, 0) is 4.74 Å². The fraction of sp³-hybridized carbons (Fsp3) is 1.00. The smallest absolute Gasteiger partial charge is 0.0702 e. The van der Waals surface area contributed by atoms with E-state index in [1.807, 2.05) is 0 Å². The molecule has 2 rings (SSSR count). The van der Waals surface area contributed by atoms with Gasteiger partial charge in [0.25, 0.3) is 0 Å². The van der Waals surface area contributed by atoms with Gasteiger partial charge in [-0.1, -0.05) is 19.3 Å². The predicted octanol–water partition coefficient (Wildman–Crippen LogP) is 2.41. The van der Waals surface area contributed by atoms with Crippen molar-refractivity contribution < 1.29 is 4.74 Å². The van der Waals surface area contributed by atoms with Crippen LogP contribution in [0.15, 0.2) is 0 Å². The first-order valence-corrected chi connectivity index (χ1v) is 7.73. The number of ether oxygens (including phenoxy) is 1. The van der Waals surface area contributed by atoms with E-state index in [9.17, 15) is 0 Å². The molecule has 0 spiro atoms. The maximum Gasteiger partial charge on any atom is 0.0702 e. The van der Waals surface area contributed by atoms with Crippen LogP contribution in [0.3, 0.4) is 0 Å². The minimum atomic E-state index is 0.420. The lowest BCUT2D eigenvalue weighted by Gasteiger charge is -2.38. The highest BCUT2D eigenvalue weighted by atomic mass is 16.5. The molecule has 1 atom stereocenters. The molecule has 1 saturated carbocycles. The first kappa shape index (κ1) is 14.3. The molecule has 2 fully saturated rings. The van der Waals surface area contributed by atoms with Crippen LogP contribution in [0.5, 0.6) is 0 Å². The summed E-state index contributed by atoms with van der Waals surface area (Å²) in [5.41, 5.74) is 0.420. The van der Waals surface area contributed by atoms with E-state index in [0.717, 1.165) is 13.2 Å². The minimum absolute atomic E-state index is 0.420. The number of hydrogen-bond acceptors (Lipinski definition) is 3. The molecule has 106 valence electrons. The van der Waals surface area contributed by atoms with E-state index in [1.165, 1.54) is 57.9 Å². The normalized spacial score (nSPS) is 27.8. The zero-order chi connectivity index (χ0) is 12.8. The Balaban J connectivity index is 1.71. The Bertz CT molecular complexity index is 233. The zero-order valence-electron chi connectivity index (χ0n) is 12.2. The Labute approximate surface area is 112 Å². The van der Waals surface area contributed by atoms with Crippen LogP contribution in [-0.4, -0.2) is 50.3 Å². The molecule has 1 aliphatic heterocycles. The lowest BCUT2D eigenvalue weighted by atomic mass is 9.79. The van der Waals surface area contributed by atoms with Gasteiger partial charge in [-0.3, -0.25) is 0 Å². The summed E-state index contributed by atoms with van der Waals surface area (Å²) < 4.78 is 5.71. The molecule has 1 saturated heterocycles. The van der Waals surface area contributed by atoms with Crippen LogP contribution in [0.1, 0.15) is 51.4 Å². The van der Waals surface area contributed by atoms with Gasteiger partial charge in [-0.15, -0.1) is 0 Å². The molecule has 0 amide bonds. The first-order valence-electron chi connectivity index (χ1n) is 7.73. The van der Waals surface area contributed by atoms with Gasteiger partial charge in [-0.05, 0) is 52.7 Å². The van der Waals surface area contributed by atoms with Crippen LogP contribution in [0, 0.1) is 0 Å². The highest BCUT2D eigenvalue weighted by Crippen LogP contribution is 2.30. The van der Waals surface area contributed by atoms with Crippen LogP contribution in [0.2, 0.25) is 0 Å². The van der Waals surface area contributed by atoms with Gasteiger partial charge in [-0.2, -0.15) is 0 Å². The fourth-order valence-corrected chi connectivity index (χ4v) is 3.49. The van der Waals surface area contributed by atoms with E-state index >= 15 is 0 Å². The van der Waals surface area contributed by atoms with Crippen molar-refractivity contribution in [1.29, 1.82) is 0 Å². The molecular formula is C15H30N2O. The Kier molecular flexibility index (Phi) is 5.46. The van der Waals surface area contributed by atoms with Crippen molar-refractivity contribution in [3.63, 3.8) is 0 Å². The molecular weight excluding hydrogens is 224 g/mol. The second kappa shape index (κ2) is 6.88. The van der Waals surface area contributed by atoms with Gasteiger partial charge >= 0.3 is 0 Å². The Morgan fingerprint density at radius 1 is 1.22 bits per heavy atom. The number of nitrogens with one attached hydrogen (secondary N) is 1. The monoisotopic (exact) mass is 254 g/mol. The third-order valence-electron chi connectivity index (χ3n) is 4.85. The van der Waals surface area contributed by atoms with E-state index < -0.39 is 0 Å². The van der Waals surface area contributed by atoms with Crippen LogP contribution in [0.25, 0.3) is 0 Å². The average Bonchev–Trinajstić information content (AvgIpc) is 2.90. The summed E-state index contributed by atoms with van der Waals surface area (Å²) >= 11 is 0. The molecule has 0 bridgehead atoms. The van der Waals surface area contributed by atoms with E-state index in [-0.39, 0.29) is 0 Å². The molecule has 2 aliphatic rings. The van der Waals surface area contributed by atoms with Crippen molar-refractivity contribution in [1.82, 2.24) is 10.2 Å². The van der Waals surface area contributed by atoms with Gasteiger partial charge in [0.15, 0.2) is 0 Å². The quantitative estimate of drug-likeness (QED) is 0.788. The second-order valence-corrected chi connectivity index (χ2v) is 6.24. The van der Waals surface area contributed by atoms with E-state index in [2.05, 4.69) is 24.3 Å². The largest absolute Gasteiger partial charge is 0.377 e. The molecule has 3 heteroatoms. The maximum atomic E-state index is 5.71. The zero-order valence-corrected chi connectivity index (χ0v) is 12.2. The molecule has 1 aliphatic carbocycles. The van der Waals surface area contributed by atoms with Crippen molar-refractivity contribution in [3.05, 3.63) is 0 Å². The van der Waals surface area contributed by atoms with Gasteiger partial charge in [0.2, 0.25) is 0 Å². The van der Waals surface area contributed by atoms with Crippen LogP contribution >= 0.6 is 0 Å². The Hall–Kier alpha value is -0.120. The van der Waals surface area contributed by atoms with Crippen molar-refractivity contribution in [2.45, 2.75) is 63.0 Å². The van der Waals surface area contributed by atoms with Crippen molar-refractivity contribution in [2.24, 2.45) is 0 Å². The maximum absolute atomic E-state index is 5.71. The summed E-state index contributed by atoms with van der Waals surface area (Å²) in [4.78, 5) is 2.46. The highest BCUT2D eigenvalue weighted by molar-refractivity contribution is 4.90. The van der Waals surface area contributed by atoms with Crippen LogP contribution in [0.4, 0.5) is 0 Å². The van der Waals surface area contributed by atoms with E-state index in [1.54, 1.807) is 0 Å². The molecule has 0 aromatic carbocycles. The number of hydrogen-bond donors (Lipinski definition) is 1. The molecule has 3 nitrogen and oxygen atoms in total. The molecule has 1 unspecified atom stereocenters. The predicted molar refractivity (Wildman–Crippen MR) is 76.0 cm³/mol. The van der Waals surface area contributed by atoms with Gasteiger partial charge in [0.1, 0.15) is 0 Å². The SMILES string of the molecule is CNC1(CCN(C)CC2CCCO2)CCCCC1. The summed E-state index contributed by atoms with van der Waals surface area (Å²) in [6, 6.07) is 0. The summed E-state index contributed by atoms with van der Waals surface area (Å²) in [5, 5.41) is 3.61. The Morgan fingerprint density at radius 3 is 2.61 bits per heavy atom. The summed E-state index contributed by atoms with van der Waals surface area (Å²) in [6.07, 6.45) is 11.2. The molecule has 18 heavy (non-hydrogen) atoms. The number of rotatable bonds is 6. The van der Waals surface area contributed by atoms with E-state index in [0.29, 0.717) is 11.6 Å². The molecule has 1 N–H and O–H groups in total. The molecule has 0 aromatic heterocycles. The van der Waals surface area contributed by atoms with E-state index in [4.69, 9.17) is 4.74 Å². The van der Waals surface area contributed by atoms with Crippen LogP contribution < -0.4 is 5.32 Å². The second-order valence-electron chi connectivity index (χ2n) is 6.24. The number of likely N-dealkylation sites (N-methyl/N-ethyl adjacent to an activating group) is 1. The summed E-state index contributed by atoms with van der Waals surface area (Å²) in [6.45, 7) is 3.28. The van der Waals surface area contributed by atoms with Crippen molar-refractivity contribution >= 4 is 0 Å². The van der Waals surface area contributed by atoms with Gasteiger partial charge in [0, 0.05) is 18.7 Å². The first-order chi connectivity index (χ1) is 8.74. The standard InChI is InChI=1S/C15H30N2O/c1-16-15(8-4-3-5-9-15)10-11-17(2)13-14-7-6-12-18-14/h14,16H,3-13H2,1-2H3. The minimum Gasteiger partial charge on any atom is -0.377 e. The molecule has 0 aromatic rings. The highest BCUT2D eigenvalue weighted by Gasteiger charge is 2.30. The van der Waals surface area contributed by atoms with Gasteiger partial charge in [0.05, 0.1) is 6.10 Å². The third-order valence-corrected chi connectivity index (χ3v) is 4.85. The van der Waals surface area contributed by atoms with Crippen molar-refractivity contribution in [3.8, 4) is 0 Å². The fourth-order valence-electron chi connectivity index (χ4n) is 3.49. The molecule has 0 radical (unpaired) electrons. The third kappa shape index (κ3) is 3.94. The lowest BCUT2D eigenvalue weighted by molar-refractivity contribution is 0.0765. The summed E-state index contributed by atoms with van der Waals surface area (Å²) in [5.74, 6) is 0. The van der Waals surface area contributed by atoms with Crippen molar-refractivity contribution in [2.75, 3.05) is 33.8 Å². The Morgan fingerprint density at radius 2 is 2.00 bits per heavy atom. The topological polar surface area (TPSA) is 24.5 Å².